The molecule has 0 N–H and O–H groups in total. The minimum atomic E-state index is -0.0812. The van der Waals surface area contributed by atoms with Crippen molar-refractivity contribution in [2.24, 2.45) is 5.92 Å². The van der Waals surface area contributed by atoms with E-state index in [1.807, 2.05) is 12.1 Å². The lowest BCUT2D eigenvalue weighted by Gasteiger charge is -2.21. The van der Waals surface area contributed by atoms with E-state index in [0.29, 0.717) is 10.7 Å². The molecule has 1 aromatic rings. The molecule has 0 nitrogen and oxygen atoms in total. The molecule has 0 aliphatic carbocycles. The fraction of sp³-hybridized carbons (Fsp3) is 0.600. The minimum absolute atomic E-state index is 0.0812. The summed E-state index contributed by atoms with van der Waals surface area (Å²) in [6, 6.07) is 7.08. The van der Waals surface area contributed by atoms with Crippen LogP contribution in [0.5, 0.6) is 0 Å². The van der Waals surface area contributed by atoms with Crippen LogP contribution in [0, 0.1) is 11.7 Å². The summed E-state index contributed by atoms with van der Waals surface area (Å²) in [6.07, 6.45) is 5.67. The highest BCUT2D eigenvalue weighted by atomic mass is 79.9. The number of halogens is 2. The van der Waals surface area contributed by atoms with E-state index in [4.69, 9.17) is 0 Å². The number of alkyl halides is 1. The number of rotatable bonds is 7. The standard InChI is InChI=1S/C15H22BrF/c1-3-5-8-12(4-2)14(16)11-13-9-6-7-10-15(13)17/h6-7,9-10,12,14H,3-5,8,11H2,1-2H3. The zero-order chi connectivity index (χ0) is 12.7. The summed E-state index contributed by atoms with van der Waals surface area (Å²) in [6.45, 7) is 4.43. The monoisotopic (exact) mass is 300 g/mol. The van der Waals surface area contributed by atoms with E-state index < -0.39 is 0 Å². The molecule has 1 aromatic carbocycles. The van der Waals surface area contributed by atoms with Crippen LogP contribution in [0.3, 0.4) is 0 Å². The molecule has 2 atom stereocenters. The Morgan fingerprint density at radius 1 is 1.24 bits per heavy atom. The van der Waals surface area contributed by atoms with E-state index in [0.717, 1.165) is 18.4 Å². The van der Waals surface area contributed by atoms with Crippen molar-refractivity contribution >= 4 is 15.9 Å². The van der Waals surface area contributed by atoms with Gasteiger partial charge in [0.15, 0.2) is 0 Å². The number of unbranched alkanes of at least 4 members (excludes halogenated alkanes) is 1. The predicted molar refractivity (Wildman–Crippen MR) is 76.1 cm³/mol. The lowest BCUT2D eigenvalue weighted by Crippen LogP contribution is -2.17. The Morgan fingerprint density at radius 2 is 1.94 bits per heavy atom. The summed E-state index contributed by atoms with van der Waals surface area (Å²) >= 11 is 3.74. The fourth-order valence-corrected chi connectivity index (χ4v) is 3.13. The second-order valence-electron chi connectivity index (χ2n) is 4.62. The second kappa shape index (κ2) is 7.86. The molecule has 0 saturated carbocycles. The van der Waals surface area contributed by atoms with Gasteiger partial charge < -0.3 is 0 Å². The van der Waals surface area contributed by atoms with E-state index in [2.05, 4.69) is 29.8 Å². The van der Waals surface area contributed by atoms with Gasteiger partial charge in [0.25, 0.3) is 0 Å². The minimum Gasteiger partial charge on any atom is -0.207 e. The molecule has 0 aliphatic heterocycles. The van der Waals surface area contributed by atoms with Crippen LogP contribution < -0.4 is 0 Å². The molecule has 0 radical (unpaired) electrons. The molecular formula is C15H22BrF. The van der Waals surface area contributed by atoms with Crippen LogP contribution in [-0.2, 0) is 6.42 Å². The summed E-state index contributed by atoms with van der Waals surface area (Å²) in [5, 5.41) is 0. The topological polar surface area (TPSA) is 0 Å². The van der Waals surface area contributed by atoms with Gasteiger partial charge in [0.1, 0.15) is 5.82 Å². The normalized spacial score (nSPS) is 14.6. The number of benzene rings is 1. The zero-order valence-corrected chi connectivity index (χ0v) is 12.3. The summed E-state index contributed by atoms with van der Waals surface area (Å²) in [5.41, 5.74) is 0.823. The van der Waals surface area contributed by atoms with E-state index in [-0.39, 0.29) is 5.82 Å². The van der Waals surface area contributed by atoms with Crippen molar-refractivity contribution in [2.75, 3.05) is 0 Å². The largest absolute Gasteiger partial charge is 0.207 e. The summed E-state index contributed by atoms with van der Waals surface area (Å²) in [7, 11) is 0. The zero-order valence-electron chi connectivity index (χ0n) is 10.8. The van der Waals surface area contributed by atoms with Crippen LogP contribution in [0.15, 0.2) is 24.3 Å². The van der Waals surface area contributed by atoms with Crippen LogP contribution in [0.25, 0.3) is 0 Å². The third-order valence-corrected chi connectivity index (χ3v) is 4.41. The van der Waals surface area contributed by atoms with Gasteiger partial charge in [0, 0.05) is 4.83 Å². The number of hydrogen-bond donors (Lipinski definition) is 0. The lowest BCUT2D eigenvalue weighted by atomic mass is 9.92. The van der Waals surface area contributed by atoms with E-state index in [9.17, 15) is 4.39 Å². The highest BCUT2D eigenvalue weighted by Gasteiger charge is 2.18. The van der Waals surface area contributed by atoms with Gasteiger partial charge in [-0.1, -0.05) is 67.2 Å². The first-order valence-corrected chi connectivity index (χ1v) is 7.48. The summed E-state index contributed by atoms with van der Waals surface area (Å²) in [4.78, 5) is 0.385. The van der Waals surface area contributed by atoms with Crippen molar-refractivity contribution in [2.45, 2.75) is 50.8 Å². The van der Waals surface area contributed by atoms with Crippen molar-refractivity contribution < 1.29 is 4.39 Å². The van der Waals surface area contributed by atoms with Crippen LogP contribution in [0.2, 0.25) is 0 Å². The maximum Gasteiger partial charge on any atom is 0.126 e. The Labute approximate surface area is 113 Å². The van der Waals surface area contributed by atoms with E-state index in [1.165, 1.54) is 19.3 Å². The highest BCUT2D eigenvalue weighted by molar-refractivity contribution is 9.09. The molecule has 1 rings (SSSR count). The Balaban J connectivity index is 2.57. The molecule has 96 valence electrons. The first kappa shape index (κ1) is 14.7. The van der Waals surface area contributed by atoms with Gasteiger partial charge in [0.05, 0.1) is 0 Å². The van der Waals surface area contributed by atoms with Gasteiger partial charge in [-0.15, -0.1) is 0 Å². The van der Waals surface area contributed by atoms with Gasteiger partial charge in [0.2, 0.25) is 0 Å². The molecule has 0 bridgehead atoms. The van der Waals surface area contributed by atoms with E-state index in [1.54, 1.807) is 12.1 Å². The van der Waals surface area contributed by atoms with Gasteiger partial charge in [-0.05, 0) is 30.4 Å². The first-order chi connectivity index (χ1) is 8.19. The van der Waals surface area contributed by atoms with Crippen molar-refractivity contribution in [3.05, 3.63) is 35.6 Å². The summed E-state index contributed by atoms with van der Waals surface area (Å²) in [5.74, 6) is 0.567. The molecule has 0 fully saturated rings. The fourth-order valence-electron chi connectivity index (χ4n) is 2.15. The van der Waals surface area contributed by atoms with Crippen molar-refractivity contribution in [3.63, 3.8) is 0 Å². The average molecular weight is 301 g/mol. The Hall–Kier alpha value is -0.370. The molecule has 0 amide bonds. The van der Waals surface area contributed by atoms with Crippen LogP contribution in [0.4, 0.5) is 4.39 Å². The third-order valence-electron chi connectivity index (χ3n) is 3.34. The molecule has 0 spiro atoms. The first-order valence-electron chi connectivity index (χ1n) is 6.56. The molecule has 2 heteroatoms. The van der Waals surface area contributed by atoms with Gasteiger partial charge in [-0.3, -0.25) is 0 Å². The molecule has 17 heavy (non-hydrogen) atoms. The van der Waals surface area contributed by atoms with Gasteiger partial charge in [-0.2, -0.15) is 0 Å². The Morgan fingerprint density at radius 3 is 2.53 bits per heavy atom. The number of hydrogen-bond acceptors (Lipinski definition) is 0. The van der Waals surface area contributed by atoms with Gasteiger partial charge in [-0.25, -0.2) is 4.39 Å². The van der Waals surface area contributed by atoms with E-state index >= 15 is 0 Å². The molecular weight excluding hydrogens is 279 g/mol. The van der Waals surface area contributed by atoms with Crippen LogP contribution in [0.1, 0.15) is 45.1 Å². The predicted octanol–water partition coefficient (Wildman–Crippen LogP) is 5.35. The maximum absolute atomic E-state index is 13.5. The van der Waals surface area contributed by atoms with Gasteiger partial charge >= 0.3 is 0 Å². The quantitative estimate of drug-likeness (QED) is 0.596. The Kier molecular flexibility index (Phi) is 6.79. The summed E-state index contributed by atoms with van der Waals surface area (Å²) < 4.78 is 13.5. The van der Waals surface area contributed by atoms with Crippen molar-refractivity contribution in [1.29, 1.82) is 0 Å². The average Bonchev–Trinajstić information content (AvgIpc) is 2.33. The second-order valence-corrected chi connectivity index (χ2v) is 5.80. The molecule has 0 heterocycles. The highest BCUT2D eigenvalue weighted by Crippen LogP contribution is 2.26. The molecule has 2 unspecified atom stereocenters. The lowest BCUT2D eigenvalue weighted by molar-refractivity contribution is 0.434. The maximum atomic E-state index is 13.5. The molecule has 0 aromatic heterocycles. The SMILES string of the molecule is CCCCC(CC)C(Br)Cc1ccccc1F. The van der Waals surface area contributed by atoms with Crippen molar-refractivity contribution in [3.8, 4) is 0 Å². The molecule has 0 saturated heterocycles. The van der Waals surface area contributed by atoms with Crippen LogP contribution >= 0.6 is 15.9 Å². The van der Waals surface area contributed by atoms with Crippen LogP contribution in [-0.4, -0.2) is 4.83 Å². The van der Waals surface area contributed by atoms with Crippen molar-refractivity contribution in [1.82, 2.24) is 0 Å². The molecule has 0 aliphatic rings. The smallest absolute Gasteiger partial charge is 0.126 e. The Bertz CT molecular complexity index is 324. The third kappa shape index (κ3) is 4.79.